The van der Waals surface area contributed by atoms with E-state index in [1.54, 1.807) is 18.2 Å². The van der Waals surface area contributed by atoms with Crippen molar-refractivity contribution in [3.8, 4) is 5.75 Å². The highest BCUT2D eigenvalue weighted by Crippen LogP contribution is 2.28. The molecule has 0 aromatic heterocycles. The molecule has 4 heteroatoms. The fourth-order valence-corrected chi connectivity index (χ4v) is 2.71. The Hall–Kier alpha value is -1.55. The third kappa shape index (κ3) is 3.47. The van der Waals surface area contributed by atoms with Crippen molar-refractivity contribution in [2.24, 2.45) is 17.4 Å². The van der Waals surface area contributed by atoms with Crippen molar-refractivity contribution in [2.75, 3.05) is 6.54 Å². The second kappa shape index (κ2) is 6.57. The zero-order valence-electron chi connectivity index (χ0n) is 11.2. The van der Waals surface area contributed by atoms with Gasteiger partial charge in [0.2, 0.25) is 0 Å². The Morgan fingerprint density at radius 1 is 1.21 bits per heavy atom. The van der Waals surface area contributed by atoms with Crippen LogP contribution in [0.2, 0.25) is 0 Å². The van der Waals surface area contributed by atoms with E-state index in [9.17, 15) is 4.79 Å². The monoisotopic (exact) mass is 262 g/mol. The van der Waals surface area contributed by atoms with E-state index in [-0.39, 0.29) is 6.10 Å². The molecule has 1 aromatic rings. The van der Waals surface area contributed by atoms with Gasteiger partial charge in [-0.05, 0) is 37.9 Å². The number of carbonyl (C=O) groups excluding carboxylic acids is 1. The minimum Gasteiger partial charge on any atom is -0.489 e. The zero-order valence-corrected chi connectivity index (χ0v) is 11.2. The van der Waals surface area contributed by atoms with Crippen molar-refractivity contribution >= 4 is 5.91 Å². The Morgan fingerprint density at radius 2 is 1.95 bits per heavy atom. The number of benzene rings is 1. The highest BCUT2D eigenvalue weighted by atomic mass is 16.5. The SMILES string of the molecule is NCC1CCCCCC1Oc1ccccc1C(N)=O. The number of hydrogen-bond acceptors (Lipinski definition) is 3. The maximum absolute atomic E-state index is 11.4. The van der Waals surface area contributed by atoms with E-state index in [1.807, 2.05) is 6.07 Å². The van der Waals surface area contributed by atoms with Gasteiger partial charge in [0.15, 0.2) is 0 Å². The molecule has 4 N–H and O–H groups in total. The van der Waals surface area contributed by atoms with Crippen LogP contribution < -0.4 is 16.2 Å². The van der Waals surface area contributed by atoms with Crippen molar-refractivity contribution in [1.29, 1.82) is 0 Å². The number of para-hydroxylation sites is 1. The summed E-state index contributed by atoms with van der Waals surface area (Å²) in [6.07, 6.45) is 5.77. The molecule has 1 saturated carbocycles. The molecule has 0 radical (unpaired) electrons. The lowest BCUT2D eigenvalue weighted by Gasteiger charge is -2.25. The fourth-order valence-electron chi connectivity index (χ4n) is 2.71. The summed E-state index contributed by atoms with van der Waals surface area (Å²) in [5.74, 6) is 0.498. The average molecular weight is 262 g/mol. The second-order valence-electron chi connectivity index (χ2n) is 5.15. The molecule has 1 fully saturated rings. The first kappa shape index (κ1) is 13.9. The van der Waals surface area contributed by atoms with Crippen LogP contribution in [0.5, 0.6) is 5.75 Å². The van der Waals surface area contributed by atoms with E-state index < -0.39 is 5.91 Å². The van der Waals surface area contributed by atoms with Crippen molar-refractivity contribution in [2.45, 2.75) is 38.2 Å². The summed E-state index contributed by atoms with van der Waals surface area (Å²) in [6, 6.07) is 7.15. The number of primary amides is 1. The maximum Gasteiger partial charge on any atom is 0.252 e. The summed E-state index contributed by atoms with van der Waals surface area (Å²) in [7, 11) is 0. The second-order valence-corrected chi connectivity index (χ2v) is 5.15. The summed E-state index contributed by atoms with van der Waals surface area (Å²) in [6.45, 7) is 0.628. The predicted octanol–water partition coefficient (Wildman–Crippen LogP) is 2.07. The van der Waals surface area contributed by atoms with Gasteiger partial charge in [-0.25, -0.2) is 0 Å². The van der Waals surface area contributed by atoms with Crippen molar-refractivity contribution in [1.82, 2.24) is 0 Å². The van der Waals surface area contributed by atoms with Crippen LogP contribution in [0.4, 0.5) is 0 Å². The topological polar surface area (TPSA) is 78.3 Å². The molecule has 0 aliphatic heterocycles. The zero-order chi connectivity index (χ0) is 13.7. The molecule has 104 valence electrons. The van der Waals surface area contributed by atoms with Crippen LogP contribution in [0.25, 0.3) is 0 Å². The van der Waals surface area contributed by atoms with Crippen molar-refractivity contribution in [3.63, 3.8) is 0 Å². The van der Waals surface area contributed by atoms with Crippen LogP contribution in [0.1, 0.15) is 42.5 Å². The average Bonchev–Trinajstić information content (AvgIpc) is 2.64. The molecule has 2 atom stereocenters. The molecular formula is C15H22N2O2. The number of nitrogens with two attached hydrogens (primary N) is 2. The summed E-state index contributed by atoms with van der Waals surface area (Å²) < 4.78 is 6.05. The Morgan fingerprint density at radius 3 is 2.68 bits per heavy atom. The van der Waals surface area contributed by atoms with E-state index in [1.165, 1.54) is 12.8 Å². The van der Waals surface area contributed by atoms with Gasteiger partial charge in [0.1, 0.15) is 11.9 Å². The van der Waals surface area contributed by atoms with Crippen LogP contribution in [-0.4, -0.2) is 18.6 Å². The van der Waals surface area contributed by atoms with Crippen molar-refractivity contribution < 1.29 is 9.53 Å². The Bertz CT molecular complexity index is 434. The van der Waals surface area contributed by atoms with Gasteiger partial charge in [-0.2, -0.15) is 0 Å². The smallest absolute Gasteiger partial charge is 0.252 e. The molecule has 1 amide bonds. The fraction of sp³-hybridized carbons (Fsp3) is 0.533. The lowest BCUT2D eigenvalue weighted by atomic mass is 9.97. The Kier molecular flexibility index (Phi) is 4.80. The molecule has 0 spiro atoms. The van der Waals surface area contributed by atoms with Gasteiger partial charge in [-0.3, -0.25) is 4.79 Å². The first-order valence-electron chi connectivity index (χ1n) is 6.98. The van der Waals surface area contributed by atoms with Crippen LogP contribution in [-0.2, 0) is 0 Å². The molecule has 0 heterocycles. The molecule has 2 rings (SSSR count). The minimum atomic E-state index is -0.450. The van der Waals surface area contributed by atoms with Gasteiger partial charge < -0.3 is 16.2 Å². The van der Waals surface area contributed by atoms with Crippen LogP contribution in [0.3, 0.4) is 0 Å². The van der Waals surface area contributed by atoms with Gasteiger partial charge in [0, 0.05) is 5.92 Å². The first-order valence-corrected chi connectivity index (χ1v) is 6.98. The molecular weight excluding hydrogens is 240 g/mol. The predicted molar refractivity (Wildman–Crippen MR) is 75.0 cm³/mol. The van der Waals surface area contributed by atoms with E-state index in [0.717, 1.165) is 19.3 Å². The number of rotatable bonds is 4. The molecule has 19 heavy (non-hydrogen) atoms. The van der Waals surface area contributed by atoms with Crippen LogP contribution in [0.15, 0.2) is 24.3 Å². The standard InChI is InChI=1S/C15H22N2O2/c16-10-11-6-2-1-3-8-13(11)19-14-9-5-4-7-12(14)15(17)18/h4-5,7,9,11,13H,1-3,6,8,10,16H2,(H2,17,18). The summed E-state index contributed by atoms with van der Waals surface area (Å²) in [5.41, 5.74) is 11.7. The lowest BCUT2D eigenvalue weighted by molar-refractivity contribution is 0.0979. The van der Waals surface area contributed by atoms with Gasteiger partial charge in [-0.1, -0.05) is 25.0 Å². The number of hydrogen-bond donors (Lipinski definition) is 2. The van der Waals surface area contributed by atoms with Gasteiger partial charge in [0.05, 0.1) is 5.56 Å². The summed E-state index contributed by atoms with van der Waals surface area (Å²) in [4.78, 5) is 11.4. The molecule has 1 aliphatic rings. The summed E-state index contributed by atoms with van der Waals surface area (Å²) >= 11 is 0. The minimum absolute atomic E-state index is 0.0907. The van der Waals surface area contributed by atoms with E-state index in [0.29, 0.717) is 23.8 Å². The maximum atomic E-state index is 11.4. The molecule has 4 nitrogen and oxygen atoms in total. The van der Waals surface area contributed by atoms with Crippen LogP contribution in [0, 0.1) is 5.92 Å². The van der Waals surface area contributed by atoms with Gasteiger partial charge >= 0.3 is 0 Å². The molecule has 2 unspecified atom stereocenters. The molecule has 0 bridgehead atoms. The van der Waals surface area contributed by atoms with Gasteiger partial charge in [0.25, 0.3) is 5.91 Å². The molecule has 1 aromatic carbocycles. The van der Waals surface area contributed by atoms with E-state index >= 15 is 0 Å². The number of ether oxygens (including phenoxy) is 1. The van der Waals surface area contributed by atoms with E-state index in [4.69, 9.17) is 16.2 Å². The highest BCUT2D eigenvalue weighted by Gasteiger charge is 2.25. The number of amides is 1. The number of carbonyl (C=O) groups is 1. The molecule has 1 aliphatic carbocycles. The van der Waals surface area contributed by atoms with E-state index in [2.05, 4.69) is 0 Å². The Labute approximate surface area is 114 Å². The van der Waals surface area contributed by atoms with Crippen LogP contribution >= 0.6 is 0 Å². The summed E-state index contributed by atoms with van der Waals surface area (Å²) in [5, 5.41) is 0. The Balaban J connectivity index is 2.16. The third-order valence-electron chi connectivity index (χ3n) is 3.82. The lowest BCUT2D eigenvalue weighted by Crippen LogP contribution is -2.32. The van der Waals surface area contributed by atoms with Crippen molar-refractivity contribution in [3.05, 3.63) is 29.8 Å². The first-order chi connectivity index (χ1) is 9.22. The highest BCUT2D eigenvalue weighted by molar-refractivity contribution is 5.95. The van der Waals surface area contributed by atoms with Gasteiger partial charge in [-0.15, -0.1) is 0 Å². The third-order valence-corrected chi connectivity index (χ3v) is 3.82. The normalized spacial score (nSPS) is 23.6. The largest absolute Gasteiger partial charge is 0.489 e. The molecule has 0 saturated heterocycles. The quantitative estimate of drug-likeness (QED) is 0.815.